The zero-order valence-corrected chi connectivity index (χ0v) is 6.70. The monoisotopic (exact) mass is 163 g/mol. The van der Waals surface area contributed by atoms with Crippen LogP contribution in [0.1, 0.15) is 27.6 Å². The van der Waals surface area contributed by atoms with E-state index in [4.69, 9.17) is 5.73 Å². The predicted octanol–water partition coefficient (Wildman–Crippen LogP) is 1.28. The average molecular weight is 163 g/mol. The Morgan fingerprint density at radius 1 is 1.50 bits per heavy atom. The minimum Gasteiger partial charge on any atom is -0.398 e. The van der Waals surface area contributed by atoms with Crippen LogP contribution < -0.4 is 5.73 Å². The second kappa shape index (κ2) is 3.17. The zero-order valence-electron chi connectivity index (χ0n) is 6.70. The Kier molecular flexibility index (Phi) is 2.24. The van der Waals surface area contributed by atoms with Crippen LogP contribution in [-0.4, -0.2) is 12.1 Å². The molecular weight excluding hydrogens is 154 g/mol. The predicted molar refractivity (Wildman–Crippen MR) is 46.2 cm³/mol. The molecule has 0 saturated carbocycles. The summed E-state index contributed by atoms with van der Waals surface area (Å²) >= 11 is 0. The number of ketones is 1. The third-order valence-electron chi connectivity index (χ3n) is 1.62. The first-order valence-electron chi connectivity index (χ1n) is 3.51. The number of hydrogen-bond acceptors (Lipinski definition) is 3. The van der Waals surface area contributed by atoms with Crippen molar-refractivity contribution in [3.05, 3.63) is 29.3 Å². The molecule has 0 unspecified atom stereocenters. The first-order valence-corrected chi connectivity index (χ1v) is 3.51. The molecule has 0 bridgehead atoms. The highest BCUT2D eigenvalue weighted by atomic mass is 16.1. The molecule has 0 saturated heterocycles. The largest absolute Gasteiger partial charge is 0.398 e. The van der Waals surface area contributed by atoms with Crippen molar-refractivity contribution in [2.24, 2.45) is 0 Å². The molecule has 0 aliphatic rings. The normalized spacial score (nSPS) is 9.42. The van der Waals surface area contributed by atoms with Crippen LogP contribution in [0.3, 0.4) is 0 Å². The summed E-state index contributed by atoms with van der Waals surface area (Å²) in [4.78, 5) is 21.2. The van der Waals surface area contributed by atoms with E-state index >= 15 is 0 Å². The minimum absolute atomic E-state index is 0.0563. The van der Waals surface area contributed by atoms with E-state index in [1.165, 1.54) is 13.0 Å². The van der Waals surface area contributed by atoms with E-state index in [0.29, 0.717) is 23.1 Å². The third-order valence-corrected chi connectivity index (χ3v) is 1.62. The highest BCUT2D eigenvalue weighted by Gasteiger charge is 2.02. The molecule has 2 N–H and O–H groups in total. The fourth-order valence-corrected chi connectivity index (χ4v) is 0.901. The SMILES string of the molecule is CC(=O)c1ccc(C=O)c(N)c1. The number of hydrogen-bond donors (Lipinski definition) is 1. The maximum atomic E-state index is 10.9. The van der Waals surface area contributed by atoms with Crippen molar-refractivity contribution in [1.29, 1.82) is 0 Å². The fraction of sp³-hybridized carbons (Fsp3) is 0.111. The summed E-state index contributed by atoms with van der Waals surface area (Å²) < 4.78 is 0. The summed E-state index contributed by atoms with van der Waals surface area (Å²) in [6.45, 7) is 1.45. The summed E-state index contributed by atoms with van der Waals surface area (Å²) in [5.41, 5.74) is 6.77. The van der Waals surface area contributed by atoms with Gasteiger partial charge >= 0.3 is 0 Å². The second-order valence-corrected chi connectivity index (χ2v) is 2.52. The van der Waals surface area contributed by atoms with E-state index in [0.717, 1.165) is 0 Å². The maximum Gasteiger partial charge on any atom is 0.159 e. The van der Waals surface area contributed by atoms with Gasteiger partial charge in [-0.1, -0.05) is 6.07 Å². The van der Waals surface area contributed by atoms with E-state index in [2.05, 4.69) is 0 Å². The van der Waals surface area contributed by atoms with Crippen LogP contribution in [0.15, 0.2) is 18.2 Å². The molecule has 1 aromatic rings. The van der Waals surface area contributed by atoms with Gasteiger partial charge in [-0.3, -0.25) is 9.59 Å². The van der Waals surface area contributed by atoms with Gasteiger partial charge in [0.05, 0.1) is 0 Å². The lowest BCUT2D eigenvalue weighted by Gasteiger charge is -1.99. The van der Waals surface area contributed by atoms with E-state index in [9.17, 15) is 9.59 Å². The van der Waals surface area contributed by atoms with Gasteiger partial charge in [-0.05, 0) is 19.1 Å². The fourth-order valence-electron chi connectivity index (χ4n) is 0.901. The smallest absolute Gasteiger partial charge is 0.159 e. The molecule has 0 atom stereocenters. The van der Waals surface area contributed by atoms with Crippen LogP contribution in [0, 0.1) is 0 Å². The molecule has 12 heavy (non-hydrogen) atoms. The Morgan fingerprint density at radius 2 is 2.17 bits per heavy atom. The minimum atomic E-state index is -0.0563. The summed E-state index contributed by atoms with van der Waals surface area (Å²) in [6, 6.07) is 4.63. The lowest BCUT2D eigenvalue weighted by molar-refractivity contribution is 0.101. The molecule has 0 heterocycles. The second-order valence-electron chi connectivity index (χ2n) is 2.52. The third kappa shape index (κ3) is 1.50. The van der Waals surface area contributed by atoms with Crippen molar-refractivity contribution in [2.45, 2.75) is 6.92 Å². The van der Waals surface area contributed by atoms with Gasteiger partial charge in [0.15, 0.2) is 12.1 Å². The first-order chi connectivity index (χ1) is 5.65. The summed E-state index contributed by atoms with van der Waals surface area (Å²) in [7, 11) is 0. The highest BCUT2D eigenvalue weighted by Crippen LogP contribution is 2.12. The van der Waals surface area contributed by atoms with Crippen LogP contribution in [0.25, 0.3) is 0 Å². The molecule has 0 spiro atoms. The van der Waals surface area contributed by atoms with Gasteiger partial charge in [0.2, 0.25) is 0 Å². The molecule has 1 aromatic carbocycles. The van der Waals surface area contributed by atoms with Gasteiger partial charge in [0.1, 0.15) is 0 Å². The lowest BCUT2D eigenvalue weighted by Crippen LogP contribution is -1.97. The number of Topliss-reactive ketones (excluding diaryl/α,β-unsaturated/α-hetero) is 1. The number of rotatable bonds is 2. The molecule has 0 aromatic heterocycles. The van der Waals surface area contributed by atoms with Crippen LogP contribution in [-0.2, 0) is 0 Å². The van der Waals surface area contributed by atoms with Crippen LogP contribution in [0.4, 0.5) is 5.69 Å². The molecule has 3 heteroatoms. The Balaban J connectivity index is 3.18. The van der Waals surface area contributed by atoms with Gasteiger partial charge in [0.25, 0.3) is 0 Å². The lowest BCUT2D eigenvalue weighted by atomic mass is 10.1. The van der Waals surface area contributed by atoms with Gasteiger partial charge < -0.3 is 5.73 Å². The Labute approximate surface area is 70.2 Å². The number of nitrogens with two attached hydrogens (primary N) is 1. The Bertz CT molecular complexity index is 331. The number of carbonyl (C=O) groups excluding carboxylic acids is 2. The summed E-state index contributed by atoms with van der Waals surface area (Å²) in [5.74, 6) is -0.0563. The Hall–Kier alpha value is -1.64. The molecule has 0 amide bonds. The van der Waals surface area contributed by atoms with Gasteiger partial charge in [-0.15, -0.1) is 0 Å². The van der Waals surface area contributed by atoms with E-state index < -0.39 is 0 Å². The number of nitrogen functional groups attached to an aromatic ring is 1. The van der Waals surface area contributed by atoms with Crippen LogP contribution in [0.5, 0.6) is 0 Å². The van der Waals surface area contributed by atoms with E-state index in [1.807, 2.05) is 0 Å². The molecule has 0 aliphatic carbocycles. The topological polar surface area (TPSA) is 60.2 Å². The standard InChI is InChI=1S/C9H9NO2/c1-6(12)7-2-3-8(5-11)9(10)4-7/h2-5H,10H2,1H3. The van der Waals surface area contributed by atoms with Crippen molar-refractivity contribution >= 4 is 17.8 Å². The van der Waals surface area contributed by atoms with Crippen molar-refractivity contribution in [3.8, 4) is 0 Å². The molecule has 1 rings (SSSR count). The maximum absolute atomic E-state index is 10.9. The van der Waals surface area contributed by atoms with Gasteiger partial charge in [-0.2, -0.15) is 0 Å². The quantitative estimate of drug-likeness (QED) is 0.406. The van der Waals surface area contributed by atoms with Gasteiger partial charge in [-0.25, -0.2) is 0 Å². The number of anilines is 1. The molecule has 0 aliphatic heterocycles. The first kappa shape index (κ1) is 8.46. The zero-order chi connectivity index (χ0) is 9.14. The summed E-state index contributed by atoms with van der Waals surface area (Å²) in [5, 5.41) is 0. The highest BCUT2D eigenvalue weighted by molar-refractivity contribution is 5.96. The van der Waals surface area contributed by atoms with Crippen LogP contribution in [0.2, 0.25) is 0 Å². The van der Waals surface area contributed by atoms with Crippen LogP contribution >= 0.6 is 0 Å². The molecule has 62 valence electrons. The van der Waals surface area contributed by atoms with E-state index in [1.54, 1.807) is 12.1 Å². The molecular formula is C9H9NO2. The Morgan fingerprint density at radius 3 is 2.58 bits per heavy atom. The molecule has 3 nitrogen and oxygen atoms in total. The molecule has 0 fully saturated rings. The summed E-state index contributed by atoms with van der Waals surface area (Å²) in [6.07, 6.45) is 0.666. The van der Waals surface area contributed by atoms with Crippen molar-refractivity contribution in [1.82, 2.24) is 0 Å². The van der Waals surface area contributed by atoms with E-state index in [-0.39, 0.29) is 5.78 Å². The average Bonchev–Trinajstić information content (AvgIpc) is 2.04. The van der Waals surface area contributed by atoms with Crippen molar-refractivity contribution in [3.63, 3.8) is 0 Å². The van der Waals surface area contributed by atoms with Gasteiger partial charge in [0, 0.05) is 16.8 Å². The number of carbonyl (C=O) groups is 2. The number of aldehydes is 1. The molecule has 0 radical (unpaired) electrons. The number of benzene rings is 1. The van der Waals surface area contributed by atoms with Crippen molar-refractivity contribution < 1.29 is 9.59 Å². The van der Waals surface area contributed by atoms with Crippen molar-refractivity contribution in [2.75, 3.05) is 5.73 Å².